The van der Waals surface area contributed by atoms with Crippen molar-refractivity contribution in [3.05, 3.63) is 116 Å². The lowest BCUT2D eigenvalue weighted by Crippen LogP contribution is -2.32. The van der Waals surface area contributed by atoms with Crippen molar-refractivity contribution in [2.45, 2.75) is 13.0 Å². The number of nitrogens with one attached hydrogen (secondary N) is 1. The van der Waals surface area contributed by atoms with Crippen LogP contribution in [-0.2, 0) is 13.0 Å². The van der Waals surface area contributed by atoms with Crippen molar-refractivity contribution in [3.8, 4) is 11.5 Å². The van der Waals surface area contributed by atoms with E-state index in [9.17, 15) is 9.59 Å². The third-order valence-corrected chi connectivity index (χ3v) is 5.54. The van der Waals surface area contributed by atoms with Gasteiger partial charge in [-0.15, -0.1) is 11.3 Å². The van der Waals surface area contributed by atoms with E-state index in [1.54, 1.807) is 42.5 Å². The highest BCUT2D eigenvalue weighted by Gasteiger charge is 2.14. The van der Waals surface area contributed by atoms with Crippen molar-refractivity contribution in [2.24, 2.45) is 5.10 Å². The fourth-order valence-electron chi connectivity index (χ4n) is 3.53. The van der Waals surface area contributed by atoms with Gasteiger partial charge in [-0.2, -0.15) is 5.10 Å². The molecule has 1 N–H and O–H groups in total. The summed E-state index contributed by atoms with van der Waals surface area (Å²) in [5.41, 5.74) is 1.60. The first-order chi connectivity index (χ1) is 16.5. The Morgan fingerprint density at radius 2 is 1.85 bits per heavy atom. The van der Waals surface area contributed by atoms with Crippen LogP contribution in [-0.4, -0.2) is 23.0 Å². The standard InChI is InChI=1S/C26H22ClN3O4/c1-3-8-18-13-17(14-23(33-2)24(18)34-16-19-9-4-6-11-21(19)27)15-28-30-25(31)20-10-5-7-12-22(20)29-26(30)32/h3-7,9-15H,1,8,16H2,2H3,(H,29,32). The molecule has 0 aliphatic rings. The van der Waals surface area contributed by atoms with Crippen molar-refractivity contribution in [2.75, 3.05) is 7.11 Å². The smallest absolute Gasteiger partial charge is 0.349 e. The van der Waals surface area contributed by atoms with Crippen LogP contribution in [0.2, 0.25) is 5.02 Å². The number of ether oxygens (including phenoxy) is 2. The minimum absolute atomic E-state index is 0.259. The predicted octanol–water partition coefficient (Wildman–Crippen LogP) is 4.54. The van der Waals surface area contributed by atoms with Crippen LogP contribution < -0.4 is 20.7 Å². The zero-order chi connectivity index (χ0) is 24.1. The fraction of sp³-hybridized carbons (Fsp3) is 0.115. The fourth-order valence-corrected chi connectivity index (χ4v) is 3.72. The topological polar surface area (TPSA) is 85.7 Å². The van der Waals surface area contributed by atoms with Crippen molar-refractivity contribution in [1.82, 2.24) is 9.66 Å². The SMILES string of the molecule is C=CCc1cc(C=Nn2c(=O)[nH]c3ccccc3c2=O)cc(OC)c1OCc1ccccc1Cl. The molecule has 4 rings (SSSR count). The summed E-state index contributed by atoms with van der Waals surface area (Å²) in [6.45, 7) is 4.08. The molecule has 3 aromatic carbocycles. The van der Waals surface area contributed by atoms with Gasteiger partial charge in [0.15, 0.2) is 11.5 Å². The Morgan fingerprint density at radius 3 is 2.62 bits per heavy atom. The number of para-hydroxylation sites is 1. The molecule has 34 heavy (non-hydrogen) atoms. The Hall–Kier alpha value is -4.10. The first kappa shape index (κ1) is 23.1. The Bertz CT molecular complexity index is 1500. The molecule has 0 bridgehead atoms. The van der Waals surface area contributed by atoms with Gasteiger partial charge in [-0.1, -0.05) is 48.0 Å². The monoisotopic (exact) mass is 475 g/mol. The minimum atomic E-state index is -0.627. The Balaban J connectivity index is 1.70. The number of rotatable bonds is 8. The Morgan fingerprint density at radius 1 is 1.09 bits per heavy atom. The number of halogens is 1. The van der Waals surface area contributed by atoms with E-state index in [2.05, 4.69) is 16.7 Å². The van der Waals surface area contributed by atoms with Crippen LogP contribution >= 0.6 is 11.6 Å². The van der Waals surface area contributed by atoms with Gasteiger partial charge in [0.25, 0.3) is 5.56 Å². The van der Waals surface area contributed by atoms with Gasteiger partial charge in [-0.25, -0.2) is 4.79 Å². The van der Waals surface area contributed by atoms with Crippen LogP contribution in [0.5, 0.6) is 11.5 Å². The summed E-state index contributed by atoms with van der Waals surface area (Å²) in [6.07, 6.45) is 3.68. The van der Waals surface area contributed by atoms with Crippen molar-refractivity contribution in [1.29, 1.82) is 0 Å². The summed E-state index contributed by atoms with van der Waals surface area (Å²) in [6, 6.07) is 17.8. The summed E-state index contributed by atoms with van der Waals surface area (Å²) in [7, 11) is 1.54. The van der Waals surface area contributed by atoms with Crippen LogP contribution in [0.25, 0.3) is 10.9 Å². The zero-order valence-corrected chi connectivity index (χ0v) is 19.2. The predicted molar refractivity (Wildman–Crippen MR) is 134 cm³/mol. The van der Waals surface area contributed by atoms with Crippen LogP contribution in [0.15, 0.2) is 88.0 Å². The molecule has 0 atom stereocenters. The minimum Gasteiger partial charge on any atom is -0.493 e. The lowest BCUT2D eigenvalue weighted by Gasteiger charge is -2.16. The molecule has 0 unspecified atom stereocenters. The normalized spacial score (nSPS) is 11.1. The van der Waals surface area contributed by atoms with Crippen LogP contribution in [0.4, 0.5) is 0 Å². The number of benzene rings is 3. The zero-order valence-electron chi connectivity index (χ0n) is 18.5. The highest BCUT2D eigenvalue weighted by Crippen LogP contribution is 2.34. The van der Waals surface area contributed by atoms with E-state index >= 15 is 0 Å². The molecular weight excluding hydrogens is 454 g/mol. The number of hydrogen-bond acceptors (Lipinski definition) is 5. The molecule has 8 heteroatoms. The van der Waals surface area contributed by atoms with E-state index in [1.807, 2.05) is 24.3 Å². The van der Waals surface area contributed by atoms with Gasteiger partial charge in [0.2, 0.25) is 0 Å². The molecule has 0 fully saturated rings. The number of methoxy groups -OCH3 is 1. The van der Waals surface area contributed by atoms with Gasteiger partial charge >= 0.3 is 5.69 Å². The number of nitrogens with zero attached hydrogens (tertiary/aromatic N) is 2. The molecule has 172 valence electrons. The maximum atomic E-state index is 12.7. The third kappa shape index (κ3) is 4.79. The van der Waals surface area contributed by atoms with E-state index in [1.165, 1.54) is 13.3 Å². The van der Waals surface area contributed by atoms with Crippen LogP contribution in [0, 0.1) is 0 Å². The molecule has 0 saturated heterocycles. The lowest BCUT2D eigenvalue weighted by atomic mass is 10.1. The van der Waals surface area contributed by atoms with E-state index in [-0.39, 0.29) is 6.61 Å². The van der Waals surface area contributed by atoms with Crippen LogP contribution in [0.3, 0.4) is 0 Å². The van der Waals surface area contributed by atoms with Gasteiger partial charge in [0.05, 0.1) is 24.2 Å². The maximum Gasteiger partial charge on any atom is 0.349 e. The third-order valence-electron chi connectivity index (χ3n) is 5.17. The molecule has 1 heterocycles. The molecule has 0 radical (unpaired) electrons. The summed E-state index contributed by atoms with van der Waals surface area (Å²) < 4.78 is 12.4. The largest absolute Gasteiger partial charge is 0.493 e. The summed E-state index contributed by atoms with van der Waals surface area (Å²) in [5, 5.41) is 5.11. The van der Waals surface area contributed by atoms with Gasteiger partial charge in [0.1, 0.15) is 6.61 Å². The van der Waals surface area contributed by atoms with Crippen molar-refractivity contribution in [3.63, 3.8) is 0 Å². The second kappa shape index (κ2) is 10.2. The number of hydrogen-bond donors (Lipinski definition) is 1. The molecule has 7 nitrogen and oxygen atoms in total. The summed E-state index contributed by atoms with van der Waals surface area (Å²) in [4.78, 5) is 27.8. The van der Waals surface area contributed by atoms with Gasteiger partial charge < -0.3 is 14.5 Å². The molecule has 0 aliphatic heterocycles. The average Bonchev–Trinajstić information content (AvgIpc) is 2.84. The maximum absolute atomic E-state index is 12.7. The molecule has 0 amide bonds. The first-order valence-electron chi connectivity index (χ1n) is 10.5. The number of aromatic amines is 1. The second-order valence-electron chi connectivity index (χ2n) is 7.42. The molecule has 0 aliphatic carbocycles. The molecule has 4 aromatic rings. The van der Waals surface area contributed by atoms with Gasteiger partial charge in [-0.05, 0) is 42.3 Å². The number of aromatic nitrogens is 2. The second-order valence-corrected chi connectivity index (χ2v) is 7.83. The molecule has 0 spiro atoms. The molecule has 1 aromatic heterocycles. The van der Waals surface area contributed by atoms with Crippen molar-refractivity contribution >= 4 is 28.7 Å². The van der Waals surface area contributed by atoms with Gasteiger partial charge in [-0.3, -0.25) is 4.79 Å². The Labute approximate surface area is 200 Å². The van der Waals surface area contributed by atoms with Crippen LogP contribution in [0.1, 0.15) is 16.7 Å². The van der Waals surface area contributed by atoms with E-state index in [0.717, 1.165) is 15.8 Å². The number of H-pyrrole nitrogens is 1. The van der Waals surface area contributed by atoms with Crippen molar-refractivity contribution < 1.29 is 9.47 Å². The van der Waals surface area contributed by atoms with E-state index in [4.69, 9.17) is 21.1 Å². The average molecular weight is 476 g/mol. The summed E-state index contributed by atoms with van der Waals surface area (Å²) >= 11 is 6.25. The van der Waals surface area contributed by atoms with Gasteiger partial charge in [0, 0.05) is 16.1 Å². The highest BCUT2D eigenvalue weighted by atomic mass is 35.5. The first-order valence-corrected chi connectivity index (χ1v) is 10.9. The highest BCUT2D eigenvalue weighted by molar-refractivity contribution is 6.31. The van der Waals surface area contributed by atoms with E-state index in [0.29, 0.717) is 39.4 Å². The number of allylic oxidation sites excluding steroid dienone is 1. The lowest BCUT2D eigenvalue weighted by molar-refractivity contribution is 0.282. The molecule has 0 saturated carbocycles. The molecular formula is C26H22ClN3O4. The summed E-state index contributed by atoms with van der Waals surface area (Å²) in [5.74, 6) is 1.04. The quantitative estimate of drug-likeness (QED) is 0.299. The van der Waals surface area contributed by atoms with E-state index < -0.39 is 11.2 Å². The Kier molecular flexibility index (Phi) is 6.94. The number of fused-ring (bicyclic) bond motifs is 1.